The lowest BCUT2D eigenvalue weighted by Crippen LogP contribution is -2.26. The summed E-state index contributed by atoms with van der Waals surface area (Å²) in [4.78, 5) is 11.3. The van der Waals surface area contributed by atoms with Gasteiger partial charge in [0.2, 0.25) is 0 Å². The van der Waals surface area contributed by atoms with E-state index in [0.29, 0.717) is 24.0 Å². The summed E-state index contributed by atoms with van der Waals surface area (Å²) in [6.07, 6.45) is -0.957. The molecule has 1 saturated carbocycles. The van der Waals surface area contributed by atoms with Crippen LogP contribution in [0.15, 0.2) is 24.3 Å². The van der Waals surface area contributed by atoms with Crippen LogP contribution >= 0.6 is 12.6 Å². The standard InChI is InChI=1S/C13H16O4S/c14-10(7-18)11(15)8-3-1-2-4-9(8)13(5-6-13)12(16)17/h1-4,10-11,14-15,18H,5-7H2,(H,16,17). The quantitative estimate of drug-likeness (QED) is 0.604. The molecule has 3 N–H and O–H groups in total. The summed E-state index contributed by atoms with van der Waals surface area (Å²) in [5.74, 6) is -0.752. The van der Waals surface area contributed by atoms with Crippen LogP contribution in [0.3, 0.4) is 0 Å². The fourth-order valence-corrected chi connectivity index (χ4v) is 2.42. The minimum atomic E-state index is -1.10. The first-order valence-electron chi connectivity index (χ1n) is 5.83. The Labute approximate surface area is 111 Å². The fraction of sp³-hybridized carbons (Fsp3) is 0.462. The highest BCUT2D eigenvalue weighted by Gasteiger charge is 2.53. The van der Waals surface area contributed by atoms with Gasteiger partial charge in [0.05, 0.1) is 11.5 Å². The van der Waals surface area contributed by atoms with E-state index in [-0.39, 0.29) is 5.75 Å². The maximum atomic E-state index is 11.3. The third-order valence-corrected chi connectivity index (χ3v) is 3.88. The van der Waals surface area contributed by atoms with E-state index in [9.17, 15) is 20.1 Å². The Morgan fingerprint density at radius 3 is 2.44 bits per heavy atom. The summed E-state index contributed by atoms with van der Waals surface area (Å²) in [7, 11) is 0. The predicted molar refractivity (Wildman–Crippen MR) is 69.8 cm³/mol. The number of carboxylic acids is 1. The Morgan fingerprint density at radius 2 is 1.94 bits per heavy atom. The van der Waals surface area contributed by atoms with E-state index >= 15 is 0 Å². The smallest absolute Gasteiger partial charge is 0.314 e. The van der Waals surface area contributed by atoms with Crippen molar-refractivity contribution in [1.82, 2.24) is 0 Å². The summed E-state index contributed by atoms with van der Waals surface area (Å²) < 4.78 is 0. The fourth-order valence-electron chi connectivity index (χ4n) is 2.22. The second-order valence-corrected chi connectivity index (χ2v) is 5.03. The number of aliphatic carboxylic acids is 1. The number of thiol groups is 1. The molecule has 0 saturated heterocycles. The molecule has 98 valence electrons. The van der Waals surface area contributed by atoms with Gasteiger partial charge in [0.15, 0.2) is 0 Å². The first-order chi connectivity index (χ1) is 8.53. The second kappa shape index (κ2) is 4.91. The Balaban J connectivity index is 2.41. The largest absolute Gasteiger partial charge is 0.481 e. The molecule has 0 spiro atoms. The van der Waals surface area contributed by atoms with E-state index in [1.165, 1.54) is 0 Å². The maximum Gasteiger partial charge on any atom is 0.314 e. The topological polar surface area (TPSA) is 77.8 Å². The predicted octanol–water partition coefficient (Wildman–Crippen LogP) is 1.13. The van der Waals surface area contributed by atoms with E-state index in [2.05, 4.69) is 12.6 Å². The van der Waals surface area contributed by atoms with Crippen molar-refractivity contribution < 1.29 is 20.1 Å². The molecule has 2 atom stereocenters. The summed E-state index contributed by atoms with van der Waals surface area (Å²) in [5.41, 5.74) is 0.207. The molecule has 18 heavy (non-hydrogen) atoms. The molecule has 4 nitrogen and oxygen atoms in total. The Bertz CT molecular complexity index is 456. The average Bonchev–Trinajstić information content (AvgIpc) is 3.18. The molecule has 1 aromatic rings. The van der Waals surface area contributed by atoms with Crippen molar-refractivity contribution in [2.75, 3.05) is 5.75 Å². The van der Waals surface area contributed by atoms with Gasteiger partial charge in [0, 0.05) is 5.75 Å². The van der Waals surface area contributed by atoms with Gasteiger partial charge in [-0.2, -0.15) is 12.6 Å². The first kappa shape index (κ1) is 13.4. The zero-order valence-corrected chi connectivity index (χ0v) is 10.7. The zero-order chi connectivity index (χ0) is 13.3. The molecule has 0 aromatic heterocycles. The summed E-state index contributed by atoms with van der Waals surface area (Å²) >= 11 is 3.94. The molecule has 1 aliphatic carbocycles. The van der Waals surface area contributed by atoms with Crippen molar-refractivity contribution in [3.05, 3.63) is 35.4 Å². The number of rotatable bonds is 5. The van der Waals surface area contributed by atoms with E-state index in [4.69, 9.17) is 0 Å². The lowest BCUT2D eigenvalue weighted by Gasteiger charge is -2.22. The summed E-state index contributed by atoms with van der Waals surface area (Å²) in [5, 5.41) is 29.0. The van der Waals surface area contributed by atoms with Crippen molar-refractivity contribution in [3.63, 3.8) is 0 Å². The van der Waals surface area contributed by atoms with Crippen molar-refractivity contribution in [1.29, 1.82) is 0 Å². The number of carbonyl (C=O) groups is 1. The van der Waals surface area contributed by atoms with Crippen molar-refractivity contribution in [2.45, 2.75) is 30.5 Å². The zero-order valence-electron chi connectivity index (χ0n) is 9.78. The number of carboxylic acid groups (broad SMARTS) is 1. The number of hydrogen-bond acceptors (Lipinski definition) is 4. The molecule has 0 radical (unpaired) electrons. The van der Waals surface area contributed by atoms with Gasteiger partial charge in [0.1, 0.15) is 6.10 Å². The SMILES string of the molecule is O=C(O)C1(c2ccccc2C(O)C(O)CS)CC1. The van der Waals surface area contributed by atoms with Crippen LogP contribution in [0.2, 0.25) is 0 Å². The molecule has 0 bridgehead atoms. The summed E-state index contributed by atoms with van der Waals surface area (Å²) in [6, 6.07) is 6.85. The average molecular weight is 268 g/mol. The Hall–Kier alpha value is -1.04. The van der Waals surface area contributed by atoms with E-state index in [1.54, 1.807) is 24.3 Å². The second-order valence-electron chi connectivity index (χ2n) is 4.67. The molecule has 5 heteroatoms. The minimum Gasteiger partial charge on any atom is -0.481 e. The monoisotopic (exact) mass is 268 g/mol. The molecule has 1 fully saturated rings. The Morgan fingerprint density at radius 1 is 1.33 bits per heavy atom. The highest BCUT2D eigenvalue weighted by molar-refractivity contribution is 7.80. The first-order valence-corrected chi connectivity index (χ1v) is 6.46. The molecule has 2 unspecified atom stereocenters. The van der Waals surface area contributed by atoms with Crippen LogP contribution in [0.25, 0.3) is 0 Å². The number of benzene rings is 1. The van der Waals surface area contributed by atoms with Gasteiger partial charge in [-0.1, -0.05) is 24.3 Å². The summed E-state index contributed by atoms with van der Waals surface area (Å²) in [6.45, 7) is 0. The maximum absolute atomic E-state index is 11.3. The van der Waals surface area contributed by atoms with Gasteiger partial charge in [-0.25, -0.2) is 0 Å². The van der Waals surface area contributed by atoms with Crippen LogP contribution in [-0.2, 0) is 10.2 Å². The van der Waals surface area contributed by atoms with Gasteiger partial charge >= 0.3 is 5.97 Å². The van der Waals surface area contributed by atoms with Crippen LogP contribution in [0.5, 0.6) is 0 Å². The van der Waals surface area contributed by atoms with Crippen LogP contribution in [0, 0.1) is 0 Å². The van der Waals surface area contributed by atoms with Crippen molar-refractivity contribution >= 4 is 18.6 Å². The van der Waals surface area contributed by atoms with E-state index in [1.807, 2.05) is 0 Å². The lowest BCUT2D eigenvalue weighted by molar-refractivity contribution is -0.140. The molecule has 0 amide bonds. The highest BCUT2D eigenvalue weighted by atomic mass is 32.1. The van der Waals surface area contributed by atoms with Gasteiger partial charge in [0.25, 0.3) is 0 Å². The number of hydrogen-bond donors (Lipinski definition) is 4. The van der Waals surface area contributed by atoms with Crippen LogP contribution < -0.4 is 0 Å². The normalized spacial score (nSPS) is 20.2. The van der Waals surface area contributed by atoms with E-state index in [0.717, 1.165) is 0 Å². The number of aliphatic hydroxyl groups is 2. The Kier molecular flexibility index (Phi) is 3.66. The molecule has 0 heterocycles. The third-order valence-electron chi connectivity index (χ3n) is 3.51. The van der Waals surface area contributed by atoms with Crippen LogP contribution in [0.1, 0.15) is 30.1 Å². The molecule has 1 aliphatic rings. The van der Waals surface area contributed by atoms with Gasteiger partial charge in [-0.05, 0) is 24.0 Å². The molecule has 2 rings (SSSR count). The van der Waals surface area contributed by atoms with Crippen LogP contribution in [0.4, 0.5) is 0 Å². The third kappa shape index (κ3) is 2.13. The molecular formula is C13H16O4S. The molecule has 0 aliphatic heterocycles. The van der Waals surface area contributed by atoms with Gasteiger partial charge in [-0.15, -0.1) is 0 Å². The van der Waals surface area contributed by atoms with Crippen LogP contribution in [-0.4, -0.2) is 33.1 Å². The molecule has 1 aromatic carbocycles. The van der Waals surface area contributed by atoms with Crippen molar-refractivity contribution in [2.24, 2.45) is 0 Å². The van der Waals surface area contributed by atoms with Gasteiger partial charge in [-0.3, -0.25) is 4.79 Å². The van der Waals surface area contributed by atoms with Gasteiger partial charge < -0.3 is 15.3 Å². The van der Waals surface area contributed by atoms with E-state index < -0.39 is 23.6 Å². The molecular weight excluding hydrogens is 252 g/mol. The lowest BCUT2D eigenvalue weighted by atomic mass is 9.88. The minimum absolute atomic E-state index is 0.121. The number of aliphatic hydroxyl groups excluding tert-OH is 2. The van der Waals surface area contributed by atoms with Crippen molar-refractivity contribution in [3.8, 4) is 0 Å². The highest BCUT2D eigenvalue weighted by Crippen LogP contribution is 2.50.